The Balaban J connectivity index is 2.19. The molecule has 4 nitrogen and oxygen atoms in total. The lowest BCUT2D eigenvalue weighted by atomic mass is 10.1. The van der Waals surface area contributed by atoms with Crippen LogP contribution in [0.1, 0.15) is 18.1 Å². The first-order valence-corrected chi connectivity index (χ1v) is 5.43. The van der Waals surface area contributed by atoms with Gasteiger partial charge in [-0.15, -0.1) is 0 Å². The van der Waals surface area contributed by atoms with Gasteiger partial charge in [-0.3, -0.25) is 0 Å². The topological polar surface area (TPSA) is 64.3 Å². The van der Waals surface area contributed by atoms with Gasteiger partial charge in [0.15, 0.2) is 0 Å². The van der Waals surface area contributed by atoms with Crippen molar-refractivity contribution in [1.29, 1.82) is 0 Å². The number of amides is 1. The van der Waals surface area contributed by atoms with E-state index in [4.69, 9.17) is 5.73 Å². The number of hydrogen-bond acceptors (Lipinski definition) is 3. The van der Waals surface area contributed by atoms with E-state index in [1.165, 1.54) is 11.1 Å². The zero-order valence-electron chi connectivity index (χ0n) is 9.53. The first-order valence-electron chi connectivity index (χ1n) is 5.43. The van der Waals surface area contributed by atoms with E-state index in [0.29, 0.717) is 13.2 Å². The molecule has 0 saturated heterocycles. The first-order chi connectivity index (χ1) is 7.72. The second kappa shape index (κ2) is 6.85. The van der Waals surface area contributed by atoms with Gasteiger partial charge in [-0.2, -0.15) is 0 Å². The maximum atomic E-state index is 10.3. The van der Waals surface area contributed by atoms with Crippen LogP contribution >= 0.6 is 0 Å². The van der Waals surface area contributed by atoms with Crippen molar-refractivity contribution >= 4 is 6.09 Å². The average molecular weight is 222 g/mol. The number of nitrogens with two attached hydrogens (primary N) is 1. The quantitative estimate of drug-likeness (QED) is 0.716. The van der Waals surface area contributed by atoms with Crippen molar-refractivity contribution < 1.29 is 9.53 Å². The molecule has 1 aromatic carbocycles. The van der Waals surface area contributed by atoms with Crippen molar-refractivity contribution in [3.63, 3.8) is 0 Å². The molecule has 88 valence electrons. The summed E-state index contributed by atoms with van der Waals surface area (Å²) in [6.07, 6.45) is 0.328. The number of benzene rings is 1. The minimum Gasteiger partial charge on any atom is -0.448 e. The van der Waals surface area contributed by atoms with E-state index in [2.05, 4.69) is 41.2 Å². The summed E-state index contributed by atoms with van der Waals surface area (Å²) in [6.45, 7) is 3.82. The van der Waals surface area contributed by atoms with Crippen LogP contribution in [0.2, 0.25) is 0 Å². The molecule has 0 radical (unpaired) electrons. The third-order valence-electron chi connectivity index (χ3n) is 2.28. The third-order valence-corrected chi connectivity index (χ3v) is 2.28. The highest BCUT2D eigenvalue weighted by Gasteiger charge is 1.95. The van der Waals surface area contributed by atoms with Crippen LogP contribution in [0.15, 0.2) is 24.3 Å². The van der Waals surface area contributed by atoms with Crippen molar-refractivity contribution in [1.82, 2.24) is 5.32 Å². The Morgan fingerprint density at radius 1 is 1.31 bits per heavy atom. The molecule has 0 atom stereocenters. The van der Waals surface area contributed by atoms with Gasteiger partial charge in [-0.25, -0.2) is 4.79 Å². The Labute approximate surface area is 95.8 Å². The van der Waals surface area contributed by atoms with Crippen LogP contribution in [0.4, 0.5) is 4.79 Å². The fourth-order valence-corrected chi connectivity index (χ4v) is 1.35. The van der Waals surface area contributed by atoms with E-state index in [1.54, 1.807) is 0 Å². The van der Waals surface area contributed by atoms with Gasteiger partial charge in [0.1, 0.15) is 6.61 Å². The van der Waals surface area contributed by atoms with E-state index < -0.39 is 6.09 Å². The molecule has 1 rings (SSSR count). The summed E-state index contributed by atoms with van der Waals surface area (Å²) in [7, 11) is 0. The van der Waals surface area contributed by atoms with Gasteiger partial charge in [0, 0.05) is 13.1 Å². The molecule has 0 saturated carbocycles. The molecule has 3 N–H and O–H groups in total. The van der Waals surface area contributed by atoms with E-state index in [9.17, 15) is 4.79 Å². The maximum absolute atomic E-state index is 10.3. The van der Waals surface area contributed by atoms with E-state index in [-0.39, 0.29) is 0 Å². The normalized spacial score (nSPS) is 10.1. The van der Waals surface area contributed by atoms with Crippen molar-refractivity contribution in [2.45, 2.75) is 19.9 Å². The fraction of sp³-hybridized carbons (Fsp3) is 0.417. The molecule has 0 unspecified atom stereocenters. The van der Waals surface area contributed by atoms with Crippen LogP contribution in [0.3, 0.4) is 0 Å². The Morgan fingerprint density at radius 2 is 1.94 bits per heavy atom. The summed E-state index contributed by atoms with van der Waals surface area (Å²) >= 11 is 0. The van der Waals surface area contributed by atoms with Gasteiger partial charge < -0.3 is 15.8 Å². The van der Waals surface area contributed by atoms with Crippen LogP contribution in [0.5, 0.6) is 0 Å². The molecule has 1 aromatic rings. The Morgan fingerprint density at radius 3 is 2.50 bits per heavy atom. The molecular weight excluding hydrogens is 204 g/mol. The zero-order valence-corrected chi connectivity index (χ0v) is 9.53. The molecule has 0 spiro atoms. The number of carbonyl (C=O) groups is 1. The molecule has 16 heavy (non-hydrogen) atoms. The number of rotatable bonds is 6. The molecule has 0 fully saturated rings. The molecule has 0 aliphatic rings. The SMILES string of the molecule is CCc1ccc(CNCCOC(N)=O)cc1. The average Bonchev–Trinajstić information content (AvgIpc) is 2.29. The molecule has 1 amide bonds. The van der Waals surface area contributed by atoms with Crippen LogP contribution in [-0.4, -0.2) is 19.2 Å². The zero-order chi connectivity index (χ0) is 11.8. The highest BCUT2D eigenvalue weighted by atomic mass is 16.5. The van der Waals surface area contributed by atoms with E-state index in [0.717, 1.165) is 13.0 Å². The minimum absolute atomic E-state index is 0.308. The third kappa shape index (κ3) is 4.79. The minimum atomic E-state index is -0.728. The summed E-state index contributed by atoms with van der Waals surface area (Å²) in [5, 5.41) is 3.16. The van der Waals surface area contributed by atoms with E-state index in [1.807, 2.05) is 0 Å². The van der Waals surface area contributed by atoms with Gasteiger partial charge in [0.2, 0.25) is 0 Å². The first kappa shape index (κ1) is 12.5. The largest absolute Gasteiger partial charge is 0.448 e. The smallest absolute Gasteiger partial charge is 0.404 e. The van der Waals surface area contributed by atoms with Crippen molar-refractivity contribution in [2.75, 3.05) is 13.2 Å². The number of aryl methyl sites for hydroxylation is 1. The molecule has 0 heterocycles. The predicted molar refractivity (Wildman–Crippen MR) is 63.1 cm³/mol. The lowest BCUT2D eigenvalue weighted by Crippen LogP contribution is -2.23. The molecular formula is C12H18N2O2. The number of hydrogen-bond donors (Lipinski definition) is 2. The van der Waals surface area contributed by atoms with Crippen LogP contribution in [-0.2, 0) is 17.7 Å². The number of primary amides is 1. The van der Waals surface area contributed by atoms with Crippen molar-refractivity contribution in [2.24, 2.45) is 5.73 Å². The van der Waals surface area contributed by atoms with Gasteiger partial charge in [0.05, 0.1) is 0 Å². The molecule has 0 bridgehead atoms. The fourth-order valence-electron chi connectivity index (χ4n) is 1.35. The van der Waals surface area contributed by atoms with Crippen LogP contribution in [0, 0.1) is 0 Å². The summed E-state index contributed by atoms with van der Waals surface area (Å²) in [5.74, 6) is 0. The predicted octanol–water partition coefficient (Wildman–Crippen LogP) is 1.43. The monoisotopic (exact) mass is 222 g/mol. The van der Waals surface area contributed by atoms with Crippen LogP contribution < -0.4 is 11.1 Å². The number of ether oxygens (including phenoxy) is 1. The summed E-state index contributed by atoms with van der Waals surface area (Å²) in [6, 6.07) is 8.44. The second-order valence-corrected chi connectivity index (χ2v) is 3.51. The number of nitrogens with one attached hydrogen (secondary N) is 1. The highest BCUT2D eigenvalue weighted by molar-refractivity contribution is 5.64. The number of carbonyl (C=O) groups excluding carboxylic acids is 1. The van der Waals surface area contributed by atoms with Crippen molar-refractivity contribution in [3.05, 3.63) is 35.4 Å². The lowest BCUT2D eigenvalue weighted by molar-refractivity contribution is 0.157. The van der Waals surface area contributed by atoms with Gasteiger partial charge in [-0.05, 0) is 17.5 Å². The maximum Gasteiger partial charge on any atom is 0.404 e. The van der Waals surface area contributed by atoms with Crippen LogP contribution in [0.25, 0.3) is 0 Å². The summed E-state index contributed by atoms with van der Waals surface area (Å²) in [4.78, 5) is 10.3. The Hall–Kier alpha value is -1.55. The van der Waals surface area contributed by atoms with Gasteiger partial charge >= 0.3 is 6.09 Å². The van der Waals surface area contributed by atoms with Gasteiger partial charge in [0.25, 0.3) is 0 Å². The summed E-state index contributed by atoms with van der Waals surface area (Å²) in [5.41, 5.74) is 7.38. The standard InChI is InChI=1S/C12H18N2O2/c1-2-10-3-5-11(6-4-10)9-14-7-8-16-12(13)15/h3-6,14H,2,7-9H2,1H3,(H2,13,15). The Kier molecular flexibility index (Phi) is 5.36. The van der Waals surface area contributed by atoms with Gasteiger partial charge in [-0.1, -0.05) is 31.2 Å². The Bertz CT molecular complexity index is 322. The highest BCUT2D eigenvalue weighted by Crippen LogP contribution is 2.04. The summed E-state index contributed by atoms with van der Waals surface area (Å²) < 4.78 is 4.59. The molecule has 0 aromatic heterocycles. The second-order valence-electron chi connectivity index (χ2n) is 3.51. The lowest BCUT2D eigenvalue weighted by Gasteiger charge is -2.05. The molecule has 4 heteroatoms. The molecule has 0 aliphatic heterocycles. The molecule has 0 aliphatic carbocycles. The van der Waals surface area contributed by atoms with E-state index >= 15 is 0 Å². The van der Waals surface area contributed by atoms with Crippen molar-refractivity contribution in [3.8, 4) is 0 Å².